The van der Waals surface area contributed by atoms with Gasteiger partial charge >= 0.3 is 0 Å². The molecule has 0 unspecified atom stereocenters. The largest absolute Gasteiger partial charge is 0.339 e. The van der Waals surface area contributed by atoms with Crippen LogP contribution in [0.5, 0.6) is 0 Å². The van der Waals surface area contributed by atoms with E-state index in [-0.39, 0.29) is 24.8 Å². The van der Waals surface area contributed by atoms with Crippen molar-refractivity contribution in [1.82, 2.24) is 9.80 Å². The van der Waals surface area contributed by atoms with Crippen LogP contribution in [0.15, 0.2) is 17.5 Å². The third kappa shape index (κ3) is 5.07. The summed E-state index contributed by atoms with van der Waals surface area (Å²) in [4.78, 5) is 18.3. The summed E-state index contributed by atoms with van der Waals surface area (Å²) in [5, 5.41) is 2.11. The fourth-order valence-electron chi connectivity index (χ4n) is 3.79. The Labute approximate surface area is 155 Å². The zero-order valence-electron chi connectivity index (χ0n) is 13.4. The van der Waals surface area contributed by atoms with Crippen molar-refractivity contribution in [3.8, 4) is 0 Å². The van der Waals surface area contributed by atoms with Crippen LogP contribution in [0, 0.1) is 5.92 Å². The van der Waals surface area contributed by atoms with Crippen molar-refractivity contribution in [2.45, 2.75) is 31.7 Å². The molecule has 0 spiro atoms. The van der Waals surface area contributed by atoms with Crippen molar-refractivity contribution < 1.29 is 4.79 Å². The summed E-state index contributed by atoms with van der Waals surface area (Å²) in [6.45, 7) is 4.81. The third-order valence-corrected chi connectivity index (χ3v) is 5.79. The Bertz CT molecular complexity index is 472. The predicted octanol–water partition coefficient (Wildman–Crippen LogP) is 2.41. The molecule has 0 aliphatic carbocycles. The zero-order chi connectivity index (χ0) is 14.7. The maximum atomic E-state index is 12.3. The molecule has 2 N–H and O–H groups in total. The fourth-order valence-corrected chi connectivity index (χ4v) is 4.49. The normalized spacial score (nSPS) is 24.6. The molecule has 2 aliphatic heterocycles. The van der Waals surface area contributed by atoms with Gasteiger partial charge in [0.1, 0.15) is 0 Å². The number of carbonyl (C=O) groups is 1. The van der Waals surface area contributed by atoms with Crippen molar-refractivity contribution in [2.24, 2.45) is 11.7 Å². The van der Waals surface area contributed by atoms with Gasteiger partial charge in [-0.05, 0) is 36.6 Å². The number of carbonyl (C=O) groups excluding carboxylic acids is 1. The van der Waals surface area contributed by atoms with Gasteiger partial charge in [0, 0.05) is 50.1 Å². The van der Waals surface area contributed by atoms with Gasteiger partial charge in [0.15, 0.2) is 0 Å². The molecule has 4 nitrogen and oxygen atoms in total. The van der Waals surface area contributed by atoms with Crippen LogP contribution in [0.3, 0.4) is 0 Å². The molecule has 0 aromatic carbocycles. The third-order valence-electron chi connectivity index (χ3n) is 4.85. The second-order valence-corrected chi connectivity index (χ2v) is 7.19. The minimum atomic E-state index is 0. The molecule has 2 fully saturated rings. The smallest absolute Gasteiger partial charge is 0.222 e. The van der Waals surface area contributed by atoms with Crippen LogP contribution in [0.4, 0.5) is 0 Å². The fraction of sp³-hybridized carbons (Fsp3) is 0.688. The number of nitrogens with two attached hydrogens (primary N) is 1. The minimum absolute atomic E-state index is 0. The highest BCUT2D eigenvalue weighted by molar-refractivity contribution is 7.09. The average Bonchev–Trinajstić information content (AvgIpc) is 3.00. The van der Waals surface area contributed by atoms with Gasteiger partial charge in [-0.2, -0.15) is 0 Å². The van der Waals surface area contributed by atoms with Gasteiger partial charge in [0.05, 0.1) is 0 Å². The van der Waals surface area contributed by atoms with Crippen molar-refractivity contribution in [2.75, 3.05) is 32.7 Å². The van der Waals surface area contributed by atoms with Crippen LogP contribution in [0.2, 0.25) is 0 Å². The Kier molecular flexibility index (Phi) is 8.86. The predicted molar refractivity (Wildman–Crippen MR) is 101 cm³/mol. The molecule has 23 heavy (non-hydrogen) atoms. The van der Waals surface area contributed by atoms with Gasteiger partial charge < -0.3 is 15.5 Å². The molecule has 1 aromatic heterocycles. The lowest BCUT2D eigenvalue weighted by Crippen LogP contribution is -2.56. The van der Waals surface area contributed by atoms with Gasteiger partial charge in [-0.15, -0.1) is 36.2 Å². The number of thiophene rings is 1. The standard InChI is InChI=1S/C16H25N3OS.2ClH/c17-7-10-18-8-6-15-13(12-18)3-4-16(20)19(15)9-5-14-2-1-11-21-14;;/h1-2,11,13,15H,3-10,12,17H2;2*1H/t13-,15+;;/m0../s1. The second-order valence-electron chi connectivity index (χ2n) is 6.16. The van der Waals surface area contributed by atoms with Gasteiger partial charge in [-0.1, -0.05) is 6.07 Å². The molecule has 132 valence electrons. The average molecular weight is 380 g/mol. The van der Waals surface area contributed by atoms with Crippen LogP contribution in [0.25, 0.3) is 0 Å². The summed E-state index contributed by atoms with van der Waals surface area (Å²) in [6.07, 6.45) is 3.89. The maximum absolute atomic E-state index is 12.3. The van der Waals surface area contributed by atoms with Gasteiger partial charge in [0.2, 0.25) is 5.91 Å². The van der Waals surface area contributed by atoms with E-state index in [0.29, 0.717) is 17.9 Å². The first-order valence-electron chi connectivity index (χ1n) is 8.02. The number of piperidine rings is 2. The monoisotopic (exact) mass is 379 g/mol. The van der Waals surface area contributed by atoms with Crippen LogP contribution in [-0.4, -0.2) is 54.5 Å². The number of hydrogen-bond acceptors (Lipinski definition) is 4. The summed E-state index contributed by atoms with van der Waals surface area (Å²) in [5.41, 5.74) is 5.67. The van der Waals surface area contributed by atoms with E-state index in [1.165, 1.54) is 4.88 Å². The second kappa shape index (κ2) is 9.84. The molecule has 7 heteroatoms. The van der Waals surface area contributed by atoms with Gasteiger partial charge in [-0.25, -0.2) is 0 Å². The molecular formula is C16H27Cl2N3OS. The molecule has 2 saturated heterocycles. The van der Waals surface area contributed by atoms with Crippen molar-refractivity contribution >= 4 is 42.1 Å². The molecule has 2 aliphatic rings. The van der Waals surface area contributed by atoms with E-state index >= 15 is 0 Å². The topological polar surface area (TPSA) is 49.6 Å². The lowest BCUT2D eigenvalue weighted by molar-refractivity contribution is -0.141. The van der Waals surface area contributed by atoms with Crippen molar-refractivity contribution in [1.29, 1.82) is 0 Å². The Hall–Kier alpha value is -0.330. The first-order valence-corrected chi connectivity index (χ1v) is 8.90. The van der Waals surface area contributed by atoms with Crippen LogP contribution < -0.4 is 5.73 Å². The molecule has 0 bridgehead atoms. The summed E-state index contributed by atoms with van der Waals surface area (Å²) in [7, 11) is 0. The van der Waals surface area contributed by atoms with Crippen molar-refractivity contribution in [3.05, 3.63) is 22.4 Å². The molecule has 0 saturated carbocycles. The Morgan fingerprint density at radius 2 is 2.09 bits per heavy atom. The van der Waals surface area contributed by atoms with Crippen LogP contribution in [0.1, 0.15) is 24.1 Å². The molecule has 3 heterocycles. The molecule has 1 aromatic rings. The maximum Gasteiger partial charge on any atom is 0.222 e. The Morgan fingerprint density at radius 3 is 2.78 bits per heavy atom. The Balaban J connectivity index is 0.00000132. The number of amides is 1. The number of rotatable bonds is 5. The zero-order valence-corrected chi connectivity index (χ0v) is 15.8. The van der Waals surface area contributed by atoms with E-state index in [1.54, 1.807) is 11.3 Å². The summed E-state index contributed by atoms with van der Waals surface area (Å²) < 4.78 is 0. The van der Waals surface area contributed by atoms with Gasteiger partial charge in [-0.3, -0.25) is 4.79 Å². The number of nitrogens with zero attached hydrogens (tertiary/aromatic N) is 2. The van der Waals surface area contributed by atoms with E-state index in [1.807, 2.05) is 0 Å². The minimum Gasteiger partial charge on any atom is -0.339 e. The lowest BCUT2D eigenvalue weighted by Gasteiger charge is -2.47. The van der Waals surface area contributed by atoms with Gasteiger partial charge in [0.25, 0.3) is 0 Å². The number of fused-ring (bicyclic) bond motifs is 1. The molecule has 2 atom stereocenters. The molecule has 0 radical (unpaired) electrons. The van der Waals surface area contributed by atoms with E-state index in [0.717, 1.165) is 58.4 Å². The van der Waals surface area contributed by atoms with E-state index in [9.17, 15) is 4.79 Å². The molecule has 1 amide bonds. The quantitative estimate of drug-likeness (QED) is 0.854. The molecule has 3 rings (SSSR count). The first-order chi connectivity index (χ1) is 10.3. The highest BCUT2D eigenvalue weighted by atomic mass is 35.5. The summed E-state index contributed by atoms with van der Waals surface area (Å²) in [6, 6.07) is 4.72. The van der Waals surface area contributed by atoms with E-state index < -0.39 is 0 Å². The Morgan fingerprint density at radius 1 is 1.26 bits per heavy atom. The number of halogens is 2. The summed E-state index contributed by atoms with van der Waals surface area (Å²) >= 11 is 1.79. The SMILES string of the molecule is Cl.Cl.NCCN1CC[C@@H]2[C@@H](CCC(=O)N2CCc2cccs2)C1. The lowest BCUT2D eigenvalue weighted by atomic mass is 9.83. The number of hydrogen-bond donors (Lipinski definition) is 1. The van der Waals surface area contributed by atoms with Crippen LogP contribution >= 0.6 is 36.2 Å². The van der Waals surface area contributed by atoms with Crippen molar-refractivity contribution in [3.63, 3.8) is 0 Å². The number of likely N-dealkylation sites (tertiary alicyclic amines) is 2. The van der Waals surface area contributed by atoms with Crippen LogP contribution in [-0.2, 0) is 11.2 Å². The molecular weight excluding hydrogens is 353 g/mol. The first kappa shape index (κ1) is 20.7. The highest BCUT2D eigenvalue weighted by Gasteiger charge is 2.38. The summed E-state index contributed by atoms with van der Waals surface area (Å²) in [5.74, 6) is 1.01. The van der Waals surface area contributed by atoms with E-state index in [4.69, 9.17) is 5.73 Å². The van der Waals surface area contributed by atoms with E-state index in [2.05, 4.69) is 27.3 Å². The highest BCUT2D eigenvalue weighted by Crippen LogP contribution is 2.31.